The van der Waals surface area contributed by atoms with E-state index in [1.54, 1.807) is 30.3 Å². The van der Waals surface area contributed by atoms with E-state index in [-0.39, 0.29) is 12.5 Å². The fraction of sp³-hybridized carbons (Fsp3) is 0.471. The zero-order chi connectivity index (χ0) is 16.7. The maximum atomic E-state index is 12.2. The summed E-state index contributed by atoms with van der Waals surface area (Å²) in [5.74, 6) is -1.61. The van der Waals surface area contributed by atoms with Gasteiger partial charge in [0.25, 0.3) is 0 Å². The molecule has 0 aromatic heterocycles. The molecule has 2 rings (SSSR count). The molecule has 2 N–H and O–H groups in total. The number of rotatable bonds is 5. The summed E-state index contributed by atoms with van der Waals surface area (Å²) in [6.45, 7) is 0.463. The van der Waals surface area contributed by atoms with Crippen LogP contribution in [0.25, 0.3) is 0 Å². The first-order chi connectivity index (χ1) is 11.1. The molecular formula is C17H22N2O4. The maximum absolute atomic E-state index is 12.2. The van der Waals surface area contributed by atoms with Crippen LogP contribution in [0.4, 0.5) is 0 Å². The van der Waals surface area contributed by atoms with Gasteiger partial charge in [-0.05, 0) is 18.4 Å². The van der Waals surface area contributed by atoms with Crippen molar-refractivity contribution in [2.24, 2.45) is 0 Å². The molecule has 1 saturated heterocycles. The van der Waals surface area contributed by atoms with Crippen molar-refractivity contribution in [3.8, 4) is 0 Å². The highest BCUT2D eigenvalue weighted by Gasteiger charge is 2.24. The first-order valence-electron chi connectivity index (χ1n) is 7.93. The lowest BCUT2D eigenvalue weighted by molar-refractivity contribution is -0.143. The van der Waals surface area contributed by atoms with Gasteiger partial charge in [-0.25, -0.2) is 4.79 Å². The normalized spacial score (nSPS) is 17.0. The number of hydrogen-bond acceptors (Lipinski definition) is 3. The van der Waals surface area contributed by atoms with Crippen molar-refractivity contribution in [3.05, 3.63) is 35.9 Å². The third-order valence-electron chi connectivity index (χ3n) is 3.94. The topological polar surface area (TPSA) is 86.7 Å². The molecular weight excluding hydrogens is 296 g/mol. The molecule has 1 fully saturated rings. The second kappa shape index (κ2) is 8.31. The Hall–Kier alpha value is -2.37. The maximum Gasteiger partial charge on any atom is 0.330 e. The van der Waals surface area contributed by atoms with E-state index in [0.717, 1.165) is 25.7 Å². The summed E-state index contributed by atoms with van der Waals surface area (Å²) >= 11 is 0. The molecule has 124 valence electrons. The Balaban J connectivity index is 1.98. The highest BCUT2D eigenvalue weighted by molar-refractivity contribution is 5.88. The monoisotopic (exact) mass is 318 g/mol. The van der Waals surface area contributed by atoms with Crippen molar-refractivity contribution in [2.75, 3.05) is 13.1 Å². The Morgan fingerprint density at radius 1 is 1.13 bits per heavy atom. The van der Waals surface area contributed by atoms with E-state index in [1.165, 1.54) is 4.90 Å². The van der Waals surface area contributed by atoms with E-state index in [9.17, 15) is 19.5 Å². The van der Waals surface area contributed by atoms with Gasteiger partial charge in [0.2, 0.25) is 11.8 Å². The lowest BCUT2D eigenvalue weighted by Crippen LogP contribution is -2.44. The van der Waals surface area contributed by atoms with Gasteiger partial charge in [0.15, 0.2) is 6.04 Å². The number of benzene rings is 1. The average molecular weight is 318 g/mol. The number of aliphatic carboxylic acids is 1. The Bertz CT molecular complexity index is 559. The number of nitrogens with zero attached hydrogens (tertiary/aromatic N) is 1. The minimum atomic E-state index is -1.12. The van der Waals surface area contributed by atoms with Crippen molar-refractivity contribution >= 4 is 17.8 Å². The minimum absolute atomic E-state index is 0.0357. The van der Waals surface area contributed by atoms with Gasteiger partial charge in [0.05, 0.1) is 6.54 Å². The smallest absolute Gasteiger partial charge is 0.330 e. The van der Waals surface area contributed by atoms with Crippen LogP contribution >= 0.6 is 0 Å². The minimum Gasteiger partial charge on any atom is -0.479 e. The zero-order valence-electron chi connectivity index (χ0n) is 13.0. The Labute approximate surface area is 135 Å². The van der Waals surface area contributed by atoms with Crippen molar-refractivity contribution in [2.45, 2.75) is 38.1 Å². The van der Waals surface area contributed by atoms with Gasteiger partial charge in [-0.1, -0.05) is 43.2 Å². The highest BCUT2D eigenvalue weighted by atomic mass is 16.4. The van der Waals surface area contributed by atoms with Gasteiger partial charge in [-0.3, -0.25) is 9.59 Å². The van der Waals surface area contributed by atoms with E-state index in [0.29, 0.717) is 18.5 Å². The number of likely N-dealkylation sites (tertiary alicyclic amines) is 1. The molecule has 1 aliphatic heterocycles. The summed E-state index contributed by atoms with van der Waals surface area (Å²) in [5.41, 5.74) is 0.507. The second-order valence-corrected chi connectivity index (χ2v) is 5.73. The molecule has 0 unspecified atom stereocenters. The number of carbonyl (C=O) groups excluding carboxylic acids is 2. The van der Waals surface area contributed by atoms with E-state index >= 15 is 0 Å². The van der Waals surface area contributed by atoms with Crippen LogP contribution in [0.1, 0.15) is 43.7 Å². The molecule has 23 heavy (non-hydrogen) atoms. The van der Waals surface area contributed by atoms with Gasteiger partial charge < -0.3 is 15.3 Å². The van der Waals surface area contributed by atoms with Gasteiger partial charge in [0, 0.05) is 13.0 Å². The van der Waals surface area contributed by atoms with Gasteiger partial charge in [0.1, 0.15) is 0 Å². The van der Waals surface area contributed by atoms with Crippen LogP contribution < -0.4 is 5.32 Å². The molecule has 1 aromatic carbocycles. The Morgan fingerprint density at radius 2 is 1.83 bits per heavy atom. The van der Waals surface area contributed by atoms with Crippen LogP contribution in [-0.2, 0) is 14.4 Å². The molecule has 1 aliphatic rings. The van der Waals surface area contributed by atoms with Crippen LogP contribution in [0.2, 0.25) is 0 Å². The first-order valence-corrected chi connectivity index (χ1v) is 7.93. The Kier molecular flexibility index (Phi) is 6.14. The second-order valence-electron chi connectivity index (χ2n) is 5.73. The Morgan fingerprint density at radius 3 is 2.52 bits per heavy atom. The van der Waals surface area contributed by atoms with Gasteiger partial charge >= 0.3 is 5.97 Å². The number of nitrogens with one attached hydrogen (secondary N) is 1. The van der Waals surface area contributed by atoms with Crippen LogP contribution in [0.5, 0.6) is 0 Å². The fourth-order valence-electron chi connectivity index (χ4n) is 2.70. The largest absolute Gasteiger partial charge is 0.479 e. The summed E-state index contributed by atoms with van der Waals surface area (Å²) < 4.78 is 0. The third kappa shape index (κ3) is 5.09. The van der Waals surface area contributed by atoms with E-state index in [2.05, 4.69) is 5.32 Å². The third-order valence-corrected chi connectivity index (χ3v) is 3.94. The first kappa shape index (κ1) is 17.0. The molecule has 6 heteroatoms. The van der Waals surface area contributed by atoms with E-state index in [1.807, 2.05) is 0 Å². The number of carboxylic acid groups (broad SMARTS) is 1. The average Bonchev–Trinajstić information content (AvgIpc) is 2.53. The van der Waals surface area contributed by atoms with E-state index < -0.39 is 17.9 Å². The van der Waals surface area contributed by atoms with Crippen LogP contribution in [0.15, 0.2) is 30.3 Å². The molecule has 2 amide bonds. The van der Waals surface area contributed by atoms with Crippen LogP contribution in [0.3, 0.4) is 0 Å². The predicted molar refractivity (Wildman–Crippen MR) is 84.6 cm³/mol. The number of amides is 2. The molecule has 0 aliphatic carbocycles. The standard InChI is InChI=1S/C17H22N2O4/c20-14(12-19-11-7-2-1-6-10-15(19)21)18-16(17(22)23)13-8-4-3-5-9-13/h3-5,8-9,16H,1-2,6-7,10-12H2,(H,18,20)(H,22,23)/t16-/m1/s1. The molecule has 1 aromatic rings. The van der Waals surface area contributed by atoms with Crippen molar-refractivity contribution in [1.29, 1.82) is 0 Å². The molecule has 0 spiro atoms. The van der Waals surface area contributed by atoms with Crippen LogP contribution in [0, 0.1) is 0 Å². The molecule has 0 radical (unpaired) electrons. The van der Waals surface area contributed by atoms with Gasteiger partial charge in [-0.15, -0.1) is 0 Å². The summed E-state index contributed by atoms with van der Waals surface area (Å²) in [6.07, 6.45) is 4.27. The number of hydrogen-bond donors (Lipinski definition) is 2. The van der Waals surface area contributed by atoms with Crippen molar-refractivity contribution in [1.82, 2.24) is 10.2 Å². The van der Waals surface area contributed by atoms with Crippen LogP contribution in [-0.4, -0.2) is 40.9 Å². The van der Waals surface area contributed by atoms with Crippen molar-refractivity contribution < 1.29 is 19.5 Å². The summed E-state index contributed by atoms with van der Waals surface area (Å²) in [5, 5.41) is 11.8. The molecule has 1 heterocycles. The summed E-state index contributed by atoms with van der Waals surface area (Å²) in [7, 11) is 0. The lowest BCUT2D eigenvalue weighted by Gasteiger charge is -2.25. The number of carboxylic acids is 1. The predicted octanol–water partition coefficient (Wildman–Crippen LogP) is 1.72. The van der Waals surface area contributed by atoms with E-state index in [4.69, 9.17) is 0 Å². The molecule has 6 nitrogen and oxygen atoms in total. The zero-order valence-corrected chi connectivity index (χ0v) is 13.0. The van der Waals surface area contributed by atoms with Crippen molar-refractivity contribution in [3.63, 3.8) is 0 Å². The summed E-state index contributed by atoms with van der Waals surface area (Å²) in [4.78, 5) is 37.1. The van der Waals surface area contributed by atoms with Gasteiger partial charge in [-0.2, -0.15) is 0 Å². The number of carbonyl (C=O) groups is 3. The quantitative estimate of drug-likeness (QED) is 0.865. The lowest BCUT2D eigenvalue weighted by atomic mass is 10.1. The summed E-state index contributed by atoms with van der Waals surface area (Å²) in [6, 6.07) is 7.43. The molecule has 0 bridgehead atoms. The molecule has 1 atom stereocenters. The SMILES string of the molecule is O=C(CN1CCCCCCC1=O)N[C@@H](C(=O)O)c1ccccc1. The highest BCUT2D eigenvalue weighted by Crippen LogP contribution is 2.14. The fourth-order valence-corrected chi connectivity index (χ4v) is 2.70. The molecule has 0 saturated carbocycles.